The average Bonchev–Trinajstić information content (AvgIpc) is 2.17. The minimum atomic E-state index is -0.803. The molecule has 1 aliphatic carbocycles. The molecule has 92 valence electrons. The second-order valence-electron chi connectivity index (χ2n) is 5.71. The maximum absolute atomic E-state index is 11.9. The zero-order chi connectivity index (χ0) is 12.4. The van der Waals surface area contributed by atoms with Crippen LogP contribution in [0.2, 0.25) is 0 Å². The molecule has 0 bridgehead atoms. The Kier molecular flexibility index (Phi) is 3.61. The Morgan fingerprint density at radius 2 is 1.62 bits per heavy atom. The first-order valence-corrected chi connectivity index (χ1v) is 5.90. The lowest BCUT2D eigenvalue weighted by atomic mass is 9.80. The number of carbonyl (C=O) groups is 2. The standard InChI is InChI=1S/C12H22N2O2/c1-11(2,3)10(16)14-12(9(13)15)7-5-4-6-8-12/h4-8H2,1-3H3,(H2,13,15)(H,14,16). The Bertz CT molecular complexity index is 286. The largest absolute Gasteiger partial charge is 0.368 e. The average molecular weight is 226 g/mol. The van der Waals surface area contributed by atoms with E-state index in [0.717, 1.165) is 19.3 Å². The van der Waals surface area contributed by atoms with Crippen LogP contribution in [0.4, 0.5) is 0 Å². The molecule has 0 atom stereocenters. The summed E-state index contributed by atoms with van der Waals surface area (Å²) >= 11 is 0. The summed E-state index contributed by atoms with van der Waals surface area (Å²) in [6.07, 6.45) is 4.36. The van der Waals surface area contributed by atoms with Crippen LogP contribution in [0.3, 0.4) is 0 Å². The van der Waals surface area contributed by atoms with Gasteiger partial charge in [-0.3, -0.25) is 9.59 Å². The third-order valence-corrected chi connectivity index (χ3v) is 3.21. The Morgan fingerprint density at radius 1 is 1.12 bits per heavy atom. The van der Waals surface area contributed by atoms with Crippen molar-refractivity contribution in [1.82, 2.24) is 5.32 Å². The van der Waals surface area contributed by atoms with E-state index >= 15 is 0 Å². The van der Waals surface area contributed by atoms with Crippen molar-refractivity contribution in [3.63, 3.8) is 0 Å². The molecule has 0 saturated heterocycles. The van der Waals surface area contributed by atoms with Crippen LogP contribution in [-0.2, 0) is 9.59 Å². The first kappa shape index (κ1) is 13.0. The molecule has 4 heteroatoms. The molecular formula is C12H22N2O2. The Hall–Kier alpha value is -1.06. The maximum atomic E-state index is 11.9. The van der Waals surface area contributed by atoms with Crippen LogP contribution in [0.25, 0.3) is 0 Å². The Morgan fingerprint density at radius 3 is 2.00 bits per heavy atom. The fourth-order valence-corrected chi connectivity index (χ4v) is 1.99. The number of hydrogen-bond donors (Lipinski definition) is 2. The van der Waals surface area contributed by atoms with E-state index < -0.39 is 16.9 Å². The van der Waals surface area contributed by atoms with Gasteiger partial charge in [0.05, 0.1) is 0 Å². The van der Waals surface area contributed by atoms with E-state index in [1.165, 1.54) is 0 Å². The second kappa shape index (κ2) is 4.44. The molecule has 16 heavy (non-hydrogen) atoms. The molecule has 0 aromatic heterocycles. The van der Waals surface area contributed by atoms with Gasteiger partial charge in [0.15, 0.2) is 0 Å². The highest BCUT2D eigenvalue weighted by Gasteiger charge is 2.41. The van der Waals surface area contributed by atoms with Crippen LogP contribution in [0.15, 0.2) is 0 Å². The van der Waals surface area contributed by atoms with Gasteiger partial charge in [0.2, 0.25) is 11.8 Å². The lowest BCUT2D eigenvalue weighted by Crippen LogP contribution is -2.60. The van der Waals surface area contributed by atoms with E-state index in [1.54, 1.807) is 0 Å². The van der Waals surface area contributed by atoms with Gasteiger partial charge in [0.1, 0.15) is 5.54 Å². The Balaban J connectivity index is 2.79. The minimum Gasteiger partial charge on any atom is -0.368 e. The summed E-state index contributed by atoms with van der Waals surface area (Å²) < 4.78 is 0. The summed E-state index contributed by atoms with van der Waals surface area (Å²) in [5, 5.41) is 2.86. The third kappa shape index (κ3) is 2.74. The summed E-state index contributed by atoms with van der Waals surface area (Å²) in [6.45, 7) is 5.50. The number of nitrogens with one attached hydrogen (secondary N) is 1. The molecule has 0 aromatic carbocycles. The van der Waals surface area contributed by atoms with Crippen molar-refractivity contribution in [1.29, 1.82) is 0 Å². The SMILES string of the molecule is CC(C)(C)C(=O)NC1(C(N)=O)CCCCC1. The van der Waals surface area contributed by atoms with Gasteiger partial charge in [-0.05, 0) is 12.8 Å². The van der Waals surface area contributed by atoms with Gasteiger partial charge in [-0.1, -0.05) is 40.0 Å². The number of nitrogens with two attached hydrogens (primary N) is 1. The summed E-state index contributed by atoms with van der Waals surface area (Å²) in [5.74, 6) is -0.502. The van der Waals surface area contributed by atoms with Crippen molar-refractivity contribution in [2.24, 2.45) is 11.1 Å². The molecule has 0 heterocycles. The summed E-state index contributed by atoms with van der Waals surface area (Å²) in [7, 11) is 0. The monoisotopic (exact) mass is 226 g/mol. The molecular weight excluding hydrogens is 204 g/mol. The molecule has 4 nitrogen and oxygen atoms in total. The van der Waals surface area contributed by atoms with Gasteiger partial charge in [-0.15, -0.1) is 0 Å². The van der Waals surface area contributed by atoms with Crippen LogP contribution >= 0.6 is 0 Å². The highest BCUT2D eigenvalue weighted by Crippen LogP contribution is 2.29. The van der Waals surface area contributed by atoms with E-state index in [4.69, 9.17) is 5.73 Å². The van der Waals surface area contributed by atoms with E-state index in [-0.39, 0.29) is 5.91 Å². The highest BCUT2D eigenvalue weighted by atomic mass is 16.2. The Labute approximate surface area is 97.0 Å². The number of primary amides is 1. The quantitative estimate of drug-likeness (QED) is 0.745. The predicted molar refractivity (Wildman–Crippen MR) is 62.6 cm³/mol. The summed E-state index contributed by atoms with van der Waals surface area (Å²) in [5.41, 5.74) is 4.15. The van der Waals surface area contributed by atoms with Crippen LogP contribution in [0.1, 0.15) is 52.9 Å². The molecule has 1 fully saturated rings. The predicted octanol–water partition coefficient (Wildman–Crippen LogP) is 1.34. The maximum Gasteiger partial charge on any atom is 0.243 e. The smallest absolute Gasteiger partial charge is 0.243 e. The van der Waals surface area contributed by atoms with Crippen molar-refractivity contribution in [2.75, 3.05) is 0 Å². The molecule has 3 N–H and O–H groups in total. The van der Waals surface area contributed by atoms with Gasteiger partial charge in [0.25, 0.3) is 0 Å². The van der Waals surface area contributed by atoms with Crippen molar-refractivity contribution in [3.8, 4) is 0 Å². The molecule has 1 rings (SSSR count). The van der Waals surface area contributed by atoms with Crippen LogP contribution in [-0.4, -0.2) is 17.4 Å². The molecule has 0 spiro atoms. The first-order valence-electron chi connectivity index (χ1n) is 5.90. The van der Waals surface area contributed by atoms with Crippen molar-refractivity contribution in [3.05, 3.63) is 0 Å². The molecule has 0 unspecified atom stereocenters. The van der Waals surface area contributed by atoms with E-state index in [2.05, 4.69) is 5.32 Å². The summed E-state index contributed by atoms with van der Waals surface area (Å²) in [4.78, 5) is 23.5. The fraction of sp³-hybridized carbons (Fsp3) is 0.833. The van der Waals surface area contributed by atoms with E-state index in [9.17, 15) is 9.59 Å². The topological polar surface area (TPSA) is 72.2 Å². The van der Waals surface area contributed by atoms with Gasteiger partial charge in [0, 0.05) is 5.41 Å². The lowest BCUT2D eigenvalue weighted by molar-refractivity contribution is -0.137. The van der Waals surface area contributed by atoms with Crippen molar-refractivity contribution < 1.29 is 9.59 Å². The van der Waals surface area contributed by atoms with Gasteiger partial charge < -0.3 is 11.1 Å². The highest BCUT2D eigenvalue weighted by molar-refractivity contribution is 5.92. The molecule has 2 amide bonds. The van der Waals surface area contributed by atoms with Gasteiger partial charge in [-0.25, -0.2) is 0 Å². The zero-order valence-electron chi connectivity index (χ0n) is 10.4. The van der Waals surface area contributed by atoms with Crippen molar-refractivity contribution in [2.45, 2.75) is 58.4 Å². The van der Waals surface area contributed by atoms with Crippen LogP contribution in [0.5, 0.6) is 0 Å². The first-order chi connectivity index (χ1) is 7.28. The summed E-state index contributed by atoms with van der Waals surface area (Å²) in [6, 6.07) is 0. The molecule has 0 radical (unpaired) electrons. The number of rotatable bonds is 2. The number of hydrogen-bond acceptors (Lipinski definition) is 2. The lowest BCUT2D eigenvalue weighted by Gasteiger charge is -2.37. The van der Waals surface area contributed by atoms with Crippen LogP contribution in [0, 0.1) is 5.41 Å². The number of carbonyl (C=O) groups excluding carboxylic acids is 2. The third-order valence-electron chi connectivity index (χ3n) is 3.21. The van der Waals surface area contributed by atoms with Gasteiger partial charge >= 0.3 is 0 Å². The number of amides is 2. The van der Waals surface area contributed by atoms with Crippen LogP contribution < -0.4 is 11.1 Å². The fourth-order valence-electron chi connectivity index (χ4n) is 1.99. The normalized spacial score (nSPS) is 20.2. The van der Waals surface area contributed by atoms with E-state index in [1.807, 2.05) is 20.8 Å². The minimum absolute atomic E-state index is 0.104. The van der Waals surface area contributed by atoms with Gasteiger partial charge in [-0.2, -0.15) is 0 Å². The van der Waals surface area contributed by atoms with E-state index in [0.29, 0.717) is 12.8 Å². The second-order valence-corrected chi connectivity index (χ2v) is 5.71. The zero-order valence-corrected chi connectivity index (χ0v) is 10.4. The molecule has 1 aliphatic rings. The van der Waals surface area contributed by atoms with Crippen molar-refractivity contribution >= 4 is 11.8 Å². The molecule has 0 aromatic rings. The molecule has 0 aliphatic heterocycles. The molecule has 1 saturated carbocycles.